The van der Waals surface area contributed by atoms with Gasteiger partial charge in [0, 0.05) is 23.8 Å². The number of amides is 1. The second kappa shape index (κ2) is 8.68. The molecule has 7 heteroatoms. The van der Waals surface area contributed by atoms with Crippen LogP contribution in [0.5, 0.6) is 17.2 Å². The number of hydrogen-bond acceptors (Lipinski definition) is 5. The Kier molecular flexibility index (Phi) is 6.07. The van der Waals surface area contributed by atoms with Crippen molar-refractivity contribution >= 4 is 22.4 Å². The zero-order valence-corrected chi connectivity index (χ0v) is 16.9. The molecule has 0 radical (unpaired) electrons. The van der Waals surface area contributed by atoms with Crippen molar-refractivity contribution in [3.8, 4) is 17.2 Å². The summed E-state index contributed by atoms with van der Waals surface area (Å²) in [4.78, 5) is 25.8. The number of carbonyl (C=O) groups excluding carboxylic acids is 1. The van der Waals surface area contributed by atoms with Crippen molar-refractivity contribution in [1.29, 1.82) is 0 Å². The molecule has 0 unspecified atom stereocenters. The van der Waals surface area contributed by atoms with E-state index in [2.05, 4.69) is 5.32 Å². The highest BCUT2D eigenvalue weighted by atomic mass is 16.5. The molecule has 3 aromatic rings. The van der Waals surface area contributed by atoms with E-state index in [1.165, 1.54) is 18.8 Å². The number of nitrogens with zero attached hydrogens (tertiary/aromatic N) is 1. The topological polar surface area (TPSA) is 78.8 Å². The minimum atomic E-state index is -0.325. The quantitative estimate of drug-likeness (QED) is 0.659. The highest BCUT2D eigenvalue weighted by Crippen LogP contribution is 2.32. The lowest BCUT2D eigenvalue weighted by atomic mass is 10.1. The average Bonchev–Trinajstić information content (AvgIpc) is 2.74. The molecule has 1 N–H and O–H groups in total. The first-order valence-corrected chi connectivity index (χ1v) is 9.35. The molecular formula is C22H24N2O5. The molecule has 0 saturated heterocycles. The Labute approximate surface area is 168 Å². The van der Waals surface area contributed by atoms with Crippen LogP contribution >= 0.6 is 0 Å². The second-order valence-electron chi connectivity index (χ2n) is 6.30. The Hall–Kier alpha value is -3.48. The highest BCUT2D eigenvalue weighted by molar-refractivity contribution is 6.13. The first-order valence-electron chi connectivity index (χ1n) is 9.35. The van der Waals surface area contributed by atoms with Crippen LogP contribution in [0.1, 0.15) is 24.2 Å². The second-order valence-corrected chi connectivity index (χ2v) is 6.30. The van der Waals surface area contributed by atoms with E-state index in [0.29, 0.717) is 46.7 Å². The molecule has 29 heavy (non-hydrogen) atoms. The van der Waals surface area contributed by atoms with Gasteiger partial charge in [-0.2, -0.15) is 0 Å². The van der Waals surface area contributed by atoms with Crippen molar-refractivity contribution in [3.63, 3.8) is 0 Å². The van der Waals surface area contributed by atoms with Crippen LogP contribution in [0.3, 0.4) is 0 Å². The van der Waals surface area contributed by atoms with Gasteiger partial charge in [-0.15, -0.1) is 0 Å². The summed E-state index contributed by atoms with van der Waals surface area (Å²) >= 11 is 0. The number of pyridine rings is 1. The van der Waals surface area contributed by atoms with E-state index >= 15 is 0 Å². The SMILES string of the molecule is CCOc1ccc(NC(=O)c2cn(CC)c(=O)c3cc(OC)c(OC)cc23)cc1. The largest absolute Gasteiger partial charge is 0.494 e. The number of methoxy groups -OCH3 is 2. The fourth-order valence-electron chi connectivity index (χ4n) is 3.13. The average molecular weight is 396 g/mol. The summed E-state index contributed by atoms with van der Waals surface area (Å²) in [6.45, 7) is 4.77. The van der Waals surface area contributed by atoms with Crippen molar-refractivity contribution in [2.75, 3.05) is 26.1 Å². The van der Waals surface area contributed by atoms with Crippen LogP contribution < -0.4 is 25.1 Å². The predicted octanol–water partition coefficient (Wildman–Crippen LogP) is 3.69. The molecule has 1 heterocycles. The van der Waals surface area contributed by atoms with Gasteiger partial charge in [0.25, 0.3) is 11.5 Å². The zero-order chi connectivity index (χ0) is 21.0. The summed E-state index contributed by atoms with van der Waals surface area (Å²) in [5, 5.41) is 3.77. The van der Waals surface area contributed by atoms with Crippen LogP contribution in [-0.4, -0.2) is 31.3 Å². The molecule has 0 spiro atoms. The number of hydrogen-bond donors (Lipinski definition) is 1. The molecule has 0 saturated carbocycles. The summed E-state index contributed by atoms with van der Waals surface area (Å²) in [7, 11) is 3.02. The number of fused-ring (bicyclic) bond motifs is 1. The van der Waals surface area contributed by atoms with Gasteiger partial charge in [0.15, 0.2) is 11.5 Å². The minimum Gasteiger partial charge on any atom is -0.494 e. The molecule has 3 rings (SSSR count). The maximum atomic E-state index is 13.0. The minimum absolute atomic E-state index is 0.193. The smallest absolute Gasteiger partial charge is 0.258 e. The van der Waals surface area contributed by atoms with Crippen molar-refractivity contribution in [1.82, 2.24) is 4.57 Å². The molecule has 7 nitrogen and oxygen atoms in total. The third-order valence-electron chi connectivity index (χ3n) is 4.60. The fraction of sp³-hybridized carbons (Fsp3) is 0.273. The van der Waals surface area contributed by atoms with Crippen molar-refractivity contribution in [3.05, 3.63) is 58.5 Å². The van der Waals surface area contributed by atoms with Crippen molar-refractivity contribution < 1.29 is 19.0 Å². The molecule has 1 amide bonds. The summed E-state index contributed by atoms with van der Waals surface area (Å²) in [6.07, 6.45) is 1.57. The summed E-state index contributed by atoms with van der Waals surface area (Å²) < 4.78 is 17.6. The van der Waals surface area contributed by atoms with Gasteiger partial charge in [-0.05, 0) is 50.2 Å². The van der Waals surface area contributed by atoms with E-state index < -0.39 is 0 Å². The van der Waals surface area contributed by atoms with Gasteiger partial charge in [-0.3, -0.25) is 9.59 Å². The molecule has 0 atom stereocenters. The molecular weight excluding hydrogens is 372 g/mol. The van der Waals surface area contributed by atoms with Crippen molar-refractivity contribution in [2.45, 2.75) is 20.4 Å². The lowest BCUT2D eigenvalue weighted by molar-refractivity contribution is 0.102. The standard InChI is InChI=1S/C22H24N2O5/c1-5-24-13-18(21(25)23-14-7-9-15(10-8-14)29-6-2)16-11-19(27-3)20(28-4)12-17(16)22(24)26/h7-13H,5-6H2,1-4H3,(H,23,25). The Morgan fingerprint density at radius 2 is 1.62 bits per heavy atom. The van der Waals surface area contributed by atoms with Crippen LogP contribution in [-0.2, 0) is 6.54 Å². The van der Waals surface area contributed by atoms with E-state index in [-0.39, 0.29) is 11.5 Å². The van der Waals surface area contributed by atoms with Gasteiger partial charge in [0.1, 0.15) is 5.75 Å². The van der Waals surface area contributed by atoms with Gasteiger partial charge >= 0.3 is 0 Å². The van der Waals surface area contributed by atoms with Gasteiger partial charge in [-0.1, -0.05) is 0 Å². The van der Waals surface area contributed by atoms with E-state index in [1.807, 2.05) is 13.8 Å². The van der Waals surface area contributed by atoms with Gasteiger partial charge in [0.05, 0.1) is 31.8 Å². The van der Waals surface area contributed by atoms with Crippen LogP contribution in [0.15, 0.2) is 47.4 Å². The molecule has 2 aromatic carbocycles. The number of aryl methyl sites for hydroxylation is 1. The maximum Gasteiger partial charge on any atom is 0.258 e. The molecule has 0 aliphatic rings. The Morgan fingerprint density at radius 1 is 1.00 bits per heavy atom. The molecule has 0 aliphatic carbocycles. The lowest BCUT2D eigenvalue weighted by Gasteiger charge is -2.14. The highest BCUT2D eigenvalue weighted by Gasteiger charge is 2.18. The zero-order valence-electron chi connectivity index (χ0n) is 16.9. The number of rotatable bonds is 7. The van der Waals surface area contributed by atoms with Crippen LogP contribution in [0.25, 0.3) is 10.8 Å². The third kappa shape index (κ3) is 4.03. The van der Waals surface area contributed by atoms with E-state index in [1.54, 1.807) is 42.6 Å². The number of carbonyl (C=O) groups is 1. The van der Waals surface area contributed by atoms with Gasteiger partial charge in [0.2, 0.25) is 0 Å². The van der Waals surface area contributed by atoms with Crippen molar-refractivity contribution in [2.24, 2.45) is 0 Å². The van der Waals surface area contributed by atoms with Crippen LogP contribution in [0.2, 0.25) is 0 Å². The Morgan fingerprint density at radius 3 is 2.17 bits per heavy atom. The van der Waals surface area contributed by atoms with Gasteiger partial charge < -0.3 is 24.1 Å². The number of anilines is 1. The molecule has 0 bridgehead atoms. The number of aromatic nitrogens is 1. The monoisotopic (exact) mass is 396 g/mol. The summed E-state index contributed by atoms with van der Waals surface area (Å²) in [5.41, 5.74) is 0.804. The number of nitrogens with one attached hydrogen (secondary N) is 1. The summed E-state index contributed by atoms with van der Waals surface area (Å²) in [5.74, 6) is 1.29. The van der Waals surface area contributed by atoms with Crippen LogP contribution in [0.4, 0.5) is 5.69 Å². The Bertz CT molecular complexity index is 1090. The van der Waals surface area contributed by atoms with E-state index in [4.69, 9.17) is 14.2 Å². The number of ether oxygens (including phenoxy) is 3. The molecule has 152 valence electrons. The van der Waals surface area contributed by atoms with Crippen LogP contribution in [0, 0.1) is 0 Å². The molecule has 0 aliphatic heterocycles. The Balaban J connectivity index is 2.08. The molecule has 0 fully saturated rings. The van der Waals surface area contributed by atoms with E-state index in [0.717, 1.165) is 5.75 Å². The number of benzene rings is 2. The lowest BCUT2D eigenvalue weighted by Crippen LogP contribution is -2.23. The normalized spacial score (nSPS) is 10.6. The fourth-order valence-corrected chi connectivity index (χ4v) is 3.13. The first-order chi connectivity index (χ1) is 14.0. The van der Waals surface area contributed by atoms with Gasteiger partial charge in [-0.25, -0.2) is 0 Å². The third-order valence-corrected chi connectivity index (χ3v) is 4.60. The van der Waals surface area contributed by atoms with E-state index in [9.17, 15) is 9.59 Å². The molecule has 1 aromatic heterocycles. The first kappa shape index (κ1) is 20.3. The predicted molar refractivity (Wildman–Crippen MR) is 113 cm³/mol. The summed E-state index contributed by atoms with van der Waals surface area (Å²) in [6, 6.07) is 10.4. The maximum absolute atomic E-state index is 13.0.